The van der Waals surface area contributed by atoms with Crippen LogP contribution in [0.5, 0.6) is 11.5 Å². The molecule has 9 heteroatoms. The molecule has 0 aliphatic carbocycles. The maximum atomic E-state index is 13.1. The smallest absolute Gasteiger partial charge is 0.407 e. The number of hydrogen-bond acceptors (Lipinski definition) is 5. The van der Waals surface area contributed by atoms with Gasteiger partial charge >= 0.3 is 6.18 Å². The molecule has 29 heavy (non-hydrogen) atoms. The lowest BCUT2D eigenvalue weighted by molar-refractivity contribution is -0.120. The molecule has 0 saturated carbocycles. The average Bonchev–Trinajstić information content (AvgIpc) is 2.69. The molecule has 1 atom stereocenters. The van der Waals surface area contributed by atoms with Gasteiger partial charge in [-0.15, -0.1) is 0 Å². The van der Waals surface area contributed by atoms with E-state index in [1.165, 1.54) is 44.6 Å². The van der Waals surface area contributed by atoms with Gasteiger partial charge in [-0.05, 0) is 23.8 Å². The normalized spacial score (nSPS) is 16.9. The largest absolute Gasteiger partial charge is 0.493 e. The van der Waals surface area contributed by atoms with Gasteiger partial charge < -0.3 is 9.47 Å². The highest BCUT2D eigenvalue weighted by atomic mass is 19.4. The summed E-state index contributed by atoms with van der Waals surface area (Å²) >= 11 is 0. The Morgan fingerprint density at radius 2 is 1.76 bits per heavy atom. The number of rotatable bonds is 5. The van der Waals surface area contributed by atoms with Gasteiger partial charge in [0.15, 0.2) is 11.5 Å². The number of fused-ring (bicyclic) bond motifs is 1. The van der Waals surface area contributed by atoms with Crippen molar-refractivity contribution in [2.45, 2.75) is 12.1 Å². The van der Waals surface area contributed by atoms with Gasteiger partial charge in [-0.3, -0.25) is 14.6 Å². The van der Waals surface area contributed by atoms with Crippen molar-refractivity contribution in [2.24, 2.45) is 4.99 Å². The summed E-state index contributed by atoms with van der Waals surface area (Å²) in [6.07, 6.45) is -3.55. The summed E-state index contributed by atoms with van der Waals surface area (Å²) in [6.45, 7) is -1.41. The molecule has 1 heterocycles. The zero-order chi connectivity index (χ0) is 21.2. The summed E-state index contributed by atoms with van der Waals surface area (Å²) < 4.78 is 47.8. The zero-order valence-corrected chi connectivity index (χ0v) is 15.6. The van der Waals surface area contributed by atoms with E-state index in [1.807, 2.05) is 0 Å². The number of benzene rings is 2. The van der Waals surface area contributed by atoms with Gasteiger partial charge in [0, 0.05) is 17.8 Å². The molecule has 2 amide bonds. The van der Waals surface area contributed by atoms with Crippen LogP contribution in [0, 0.1) is 0 Å². The Morgan fingerprint density at radius 3 is 2.41 bits per heavy atom. The molecule has 0 saturated heterocycles. The molecule has 0 spiro atoms. The third kappa shape index (κ3) is 4.08. The first-order valence-electron chi connectivity index (χ1n) is 8.52. The molecule has 0 unspecified atom stereocenters. The highest BCUT2D eigenvalue weighted by Crippen LogP contribution is 2.36. The number of amides is 2. The van der Waals surface area contributed by atoms with Gasteiger partial charge in [0.05, 0.1) is 25.8 Å². The highest BCUT2D eigenvalue weighted by molar-refractivity contribution is 6.29. The number of aliphatic imine (C=N–C) groups is 1. The number of anilines is 1. The molecule has 0 N–H and O–H groups in total. The second kappa shape index (κ2) is 7.94. The fraction of sp³-hybridized carbons (Fsp3) is 0.250. The predicted octanol–water partition coefficient (Wildman–Crippen LogP) is 3.61. The average molecular weight is 406 g/mol. The van der Waals surface area contributed by atoms with Crippen LogP contribution < -0.4 is 14.4 Å². The van der Waals surface area contributed by atoms with Crippen LogP contribution in [-0.2, 0) is 4.79 Å². The van der Waals surface area contributed by atoms with Crippen LogP contribution in [-0.4, -0.2) is 45.0 Å². The lowest BCUT2D eigenvalue weighted by Gasteiger charge is -2.31. The maximum Gasteiger partial charge on any atom is 0.407 e. The van der Waals surface area contributed by atoms with Crippen LogP contribution in [0.1, 0.15) is 21.8 Å². The molecule has 152 valence electrons. The van der Waals surface area contributed by atoms with E-state index in [2.05, 4.69) is 4.99 Å². The molecule has 6 nitrogen and oxygen atoms in total. The SMILES string of the molecule is COc1ccc(N2C(=O)c3ccccc3[C@H](C=NCC(F)(F)F)C2=O)cc1OC. The lowest BCUT2D eigenvalue weighted by Crippen LogP contribution is -2.45. The first kappa shape index (κ1) is 20.4. The van der Waals surface area contributed by atoms with Gasteiger partial charge in [0.2, 0.25) is 5.91 Å². The quantitative estimate of drug-likeness (QED) is 0.562. The summed E-state index contributed by atoms with van der Waals surface area (Å²) in [4.78, 5) is 30.3. The third-order valence-corrected chi connectivity index (χ3v) is 4.37. The molecule has 1 aliphatic rings. The number of halogens is 3. The van der Waals surface area contributed by atoms with Crippen molar-refractivity contribution >= 4 is 23.7 Å². The summed E-state index contributed by atoms with van der Waals surface area (Å²) in [7, 11) is 2.85. The van der Waals surface area contributed by atoms with Crippen molar-refractivity contribution in [3.05, 3.63) is 53.6 Å². The monoisotopic (exact) mass is 406 g/mol. The van der Waals surface area contributed by atoms with E-state index in [-0.39, 0.29) is 11.3 Å². The van der Waals surface area contributed by atoms with Gasteiger partial charge in [-0.25, -0.2) is 4.90 Å². The Hall–Kier alpha value is -3.36. The number of methoxy groups -OCH3 is 2. The summed E-state index contributed by atoms with van der Waals surface area (Å²) in [5.41, 5.74) is 0.733. The Balaban J connectivity index is 2.06. The van der Waals surface area contributed by atoms with Gasteiger partial charge in [0.1, 0.15) is 6.54 Å². The van der Waals surface area contributed by atoms with E-state index in [0.717, 1.165) is 11.1 Å². The first-order valence-corrected chi connectivity index (χ1v) is 8.52. The number of alkyl halides is 3. The summed E-state index contributed by atoms with van der Waals surface area (Å²) in [6, 6.07) is 10.7. The zero-order valence-electron chi connectivity index (χ0n) is 15.6. The Morgan fingerprint density at radius 1 is 1.07 bits per heavy atom. The molecule has 0 bridgehead atoms. The van der Waals surface area contributed by atoms with Gasteiger partial charge in [-0.2, -0.15) is 13.2 Å². The number of hydrogen-bond donors (Lipinski definition) is 0. The fourth-order valence-electron chi connectivity index (χ4n) is 3.07. The van der Waals surface area contributed by atoms with E-state index in [0.29, 0.717) is 17.1 Å². The van der Waals surface area contributed by atoms with Crippen molar-refractivity contribution < 1.29 is 32.2 Å². The Labute approximate surface area is 164 Å². The lowest BCUT2D eigenvalue weighted by atomic mass is 9.89. The number of ether oxygens (including phenoxy) is 2. The van der Waals surface area contributed by atoms with Crippen LogP contribution in [0.4, 0.5) is 18.9 Å². The third-order valence-electron chi connectivity index (χ3n) is 4.37. The predicted molar refractivity (Wildman–Crippen MR) is 100.0 cm³/mol. The number of imide groups is 1. The van der Waals surface area contributed by atoms with Crippen molar-refractivity contribution in [2.75, 3.05) is 25.7 Å². The molecular weight excluding hydrogens is 389 g/mol. The minimum atomic E-state index is -4.49. The van der Waals surface area contributed by atoms with Crippen LogP contribution in [0.3, 0.4) is 0 Å². The highest BCUT2D eigenvalue weighted by Gasteiger charge is 2.39. The fourth-order valence-corrected chi connectivity index (χ4v) is 3.07. The molecule has 0 radical (unpaired) electrons. The summed E-state index contributed by atoms with van der Waals surface area (Å²) in [5.74, 6) is -1.71. The molecule has 0 fully saturated rings. The molecule has 0 aromatic heterocycles. The second-order valence-electron chi connectivity index (χ2n) is 6.19. The van der Waals surface area contributed by atoms with E-state index < -0.39 is 30.5 Å². The molecular formula is C20H17F3N2O4. The Bertz CT molecular complexity index is 972. The van der Waals surface area contributed by atoms with E-state index >= 15 is 0 Å². The van der Waals surface area contributed by atoms with Crippen LogP contribution in [0.15, 0.2) is 47.5 Å². The number of nitrogens with zero attached hydrogens (tertiary/aromatic N) is 2. The second-order valence-corrected chi connectivity index (χ2v) is 6.19. The number of carbonyl (C=O) groups excluding carboxylic acids is 2. The minimum Gasteiger partial charge on any atom is -0.493 e. The van der Waals surface area contributed by atoms with Crippen LogP contribution in [0.25, 0.3) is 0 Å². The van der Waals surface area contributed by atoms with Gasteiger partial charge in [0.25, 0.3) is 5.91 Å². The van der Waals surface area contributed by atoms with E-state index in [4.69, 9.17) is 9.47 Å². The molecule has 2 aromatic carbocycles. The van der Waals surface area contributed by atoms with E-state index in [9.17, 15) is 22.8 Å². The first-order chi connectivity index (χ1) is 13.8. The van der Waals surface area contributed by atoms with Crippen molar-refractivity contribution in [1.29, 1.82) is 0 Å². The van der Waals surface area contributed by atoms with Crippen LogP contribution >= 0.6 is 0 Å². The molecule has 2 aromatic rings. The molecule has 3 rings (SSSR count). The summed E-state index contributed by atoms with van der Waals surface area (Å²) in [5, 5.41) is 0. The van der Waals surface area contributed by atoms with Crippen molar-refractivity contribution in [3.8, 4) is 11.5 Å². The van der Waals surface area contributed by atoms with Gasteiger partial charge in [-0.1, -0.05) is 18.2 Å². The maximum absolute atomic E-state index is 13.1. The Kier molecular flexibility index (Phi) is 5.58. The molecule has 1 aliphatic heterocycles. The van der Waals surface area contributed by atoms with Crippen LogP contribution in [0.2, 0.25) is 0 Å². The standard InChI is InChI=1S/C20H17F3N2O4/c1-28-16-8-7-12(9-17(16)29-2)25-18(26)14-6-4-3-5-13(14)15(19(25)27)10-24-11-20(21,22)23/h3-10,15H,11H2,1-2H3/t15-/m0/s1. The topological polar surface area (TPSA) is 68.2 Å². The van der Waals surface area contributed by atoms with Crippen molar-refractivity contribution in [1.82, 2.24) is 0 Å². The minimum absolute atomic E-state index is 0.210. The van der Waals surface area contributed by atoms with Crippen molar-refractivity contribution in [3.63, 3.8) is 0 Å². The number of carbonyl (C=O) groups is 2. The van der Waals surface area contributed by atoms with E-state index in [1.54, 1.807) is 12.1 Å².